The number of ether oxygens (including phenoxy) is 1. The molecule has 0 unspecified atom stereocenters. The molecule has 1 aromatic carbocycles. The van der Waals surface area contributed by atoms with Gasteiger partial charge < -0.3 is 10.5 Å². The number of nitrogens with one attached hydrogen (secondary N) is 1. The van der Waals surface area contributed by atoms with Gasteiger partial charge in [-0.3, -0.25) is 0 Å². The molecular formula is C10H10N4O2S. The van der Waals surface area contributed by atoms with Crippen molar-refractivity contribution in [2.45, 2.75) is 0 Å². The van der Waals surface area contributed by atoms with Gasteiger partial charge in [-0.25, -0.2) is 14.5 Å². The number of hydrogen-bond donors (Lipinski definition) is 2. The highest BCUT2D eigenvalue weighted by atomic mass is 32.1. The molecule has 0 spiro atoms. The fraction of sp³-hybridized carbons (Fsp3) is 0.100. The quantitative estimate of drug-likeness (QED) is 0.758. The van der Waals surface area contributed by atoms with Crippen molar-refractivity contribution in [1.29, 1.82) is 0 Å². The van der Waals surface area contributed by atoms with Gasteiger partial charge in [0.05, 0.1) is 5.69 Å². The highest BCUT2D eigenvalue weighted by Crippen LogP contribution is 2.15. The van der Waals surface area contributed by atoms with Gasteiger partial charge in [0.25, 0.3) is 0 Å². The second-order valence-corrected chi connectivity index (χ2v) is 3.81. The predicted octanol–water partition coefficient (Wildman–Crippen LogP) is 0.225. The molecule has 0 aliphatic heterocycles. The highest BCUT2D eigenvalue weighted by Gasteiger charge is 2.02. The lowest BCUT2D eigenvalue weighted by Crippen LogP contribution is -2.18. The van der Waals surface area contributed by atoms with Crippen LogP contribution in [-0.2, 0) is 0 Å². The van der Waals surface area contributed by atoms with Crippen LogP contribution in [0.3, 0.4) is 0 Å². The molecule has 0 aliphatic carbocycles. The molecule has 0 radical (unpaired) electrons. The summed E-state index contributed by atoms with van der Waals surface area (Å²) in [5, 5.41) is 5.96. The number of aromatic nitrogens is 3. The standard InChI is InChI=1S/C10H10N4O2S/c11-9(17)5-16-8-3-1-2-7(4-8)14-6-12-13-10(14)15/h1-4,6H,5H2,(H2,11,17)(H,13,15). The first-order valence-electron chi connectivity index (χ1n) is 4.80. The molecule has 0 atom stereocenters. The topological polar surface area (TPSA) is 85.9 Å². The lowest BCUT2D eigenvalue weighted by Gasteiger charge is -2.06. The molecule has 2 aromatic rings. The Balaban J connectivity index is 2.26. The largest absolute Gasteiger partial charge is 0.486 e. The van der Waals surface area contributed by atoms with Crippen LogP contribution in [0, 0.1) is 0 Å². The average molecular weight is 250 g/mol. The third kappa shape index (κ3) is 2.70. The van der Waals surface area contributed by atoms with Crippen LogP contribution in [0.25, 0.3) is 5.69 Å². The molecule has 0 saturated heterocycles. The van der Waals surface area contributed by atoms with Gasteiger partial charge in [-0.05, 0) is 12.1 Å². The van der Waals surface area contributed by atoms with Crippen LogP contribution in [0.1, 0.15) is 0 Å². The van der Waals surface area contributed by atoms with Crippen LogP contribution in [0.4, 0.5) is 0 Å². The van der Waals surface area contributed by atoms with E-state index in [1.807, 2.05) is 0 Å². The molecule has 0 fully saturated rings. The summed E-state index contributed by atoms with van der Waals surface area (Å²) in [6, 6.07) is 7.00. The van der Waals surface area contributed by atoms with Crippen LogP contribution in [0.2, 0.25) is 0 Å². The number of H-pyrrole nitrogens is 1. The molecule has 88 valence electrons. The Morgan fingerprint density at radius 2 is 2.41 bits per heavy atom. The van der Waals surface area contributed by atoms with E-state index in [0.717, 1.165) is 0 Å². The summed E-state index contributed by atoms with van der Waals surface area (Å²) >= 11 is 4.71. The summed E-state index contributed by atoms with van der Waals surface area (Å²) in [5.41, 5.74) is 5.68. The molecular weight excluding hydrogens is 240 g/mol. The summed E-state index contributed by atoms with van der Waals surface area (Å²) in [6.07, 6.45) is 1.40. The van der Waals surface area contributed by atoms with E-state index in [1.54, 1.807) is 24.3 Å². The van der Waals surface area contributed by atoms with E-state index >= 15 is 0 Å². The summed E-state index contributed by atoms with van der Waals surface area (Å²) in [5.74, 6) is 0.586. The van der Waals surface area contributed by atoms with Gasteiger partial charge in [-0.2, -0.15) is 5.10 Å². The minimum atomic E-state index is -0.309. The van der Waals surface area contributed by atoms with E-state index in [1.165, 1.54) is 10.9 Å². The van der Waals surface area contributed by atoms with Gasteiger partial charge >= 0.3 is 5.69 Å². The Morgan fingerprint density at radius 3 is 3.06 bits per heavy atom. The maximum atomic E-state index is 11.4. The number of rotatable bonds is 4. The molecule has 0 saturated carbocycles. The van der Waals surface area contributed by atoms with Gasteiger partial charge in [0.1, 0.15) is 23.7 Å². The average Bonchev–Trinajstić information content (AvgIpc) is 2.73. The Labute approximate surface area is 102 Å². The lowest BCUT2D eigenvalue weighted by atomic mass is 10.3. The molecule has 7 heteroatoms. The van der Waals surface area contributed by atoms with Crippen molar-refractivity contribution in [3.63, 3.8) is 0 Å². The molecule has 1 heterocycles. The fourth-order valence-corrected chi connectivity index (χ4v) is 1.37. The van der Waals surface area contributed by atoms with Crippen LogP contribution < -0.4 is 16.2 Å². The van der Waals surface area contributed by atoms with Crippen molar-refractivity contribution in [3.05, 3.63) is 41.1 Å². The maximum Gasteiger partial charge on any atom is 0.347 e. The van der Waals surface area contributed by atoms with Gasteiger partial charge in [-0.1, -0.05) is 18.3 Å². The summed E-state index contributed by atoms with van der Waals surface area (Å²) in [4.78, 5) is 11.6. The van der Waals surface area contributed by atoms with Crippen molar-refractivity contribution in [3.8, 4) is 11.4 Å². The van der Waals surface area contributed by atoms with Gasteiger partial charge in [0.15, 0.2) is 0 Å². The molecule has 6 nitrogen and oxygen atoms in total. The van der Waals surface area contributed by atoms with Gasteiger partial charge in [0, 0.05) is 6.07 Å². The Kier molecular flexibility index (Phi) is 3.20. The monoisotopic (exact) mass is 250 g/mol. The Bertz CT molecular complexity index is 590. The smallest absolute Gasteiger partial charge is 0.347 e. The van der Waals surface area contributed by atoms with E-state index in [-0.39, 0.29) is 17.3 Å². The van der Waals surface area contributed by atoms with Crippen molar-refractivity contribution < 1.29 is 4.74 Å². The van der Waals surface area contributed by atoms with E-state index in [0.29, 0.717) is 11.4 Å². The second kappa shape index (κ2) is 4.79. The fourth-order valence-electron chi connectivity index (χ4n) is 1.31. The van der Waals surface area contributed by atoms with Crippen LogP contribution in [0.5, 0.6) is 5.75 Å². The summed E-state index contributed by atoms with van der Waals surface area (Å²) in [7, 11) is 0. The molecule has 3 N–H and O–H groups in total. The zero-order chi connectivity index (χ0) is 12.3. The van der Waals surface area contributed by atoms with E-state index in [2.05, 4.69) is 10.2 Å². The van der Waals surface area contributed by atoms with Crippen molar-refractivity contribution in [1.82, 2.24) is 14.8 Å². The minimum absolute atomic E-state index is 0.166. The van der Waals surface area contributed by atoms with Crippen LogP contribution in [0.15, 0.2) is 35.4 Å². The zero-order valence-corrected chi connectivity index (χ0v) is 9.61. The van der Waals surface area contributed by atoms with E-state index in [4.69, 9.17) is 22.7 Å². The van der Waals surface area contributed by atoms with Crippen LogP contribution in [-0.4, -0.2) is 26.4 Å². The third-order valence-electron chi connectivity index (χ3n) is 2.03. The number of nitrogens with two attached hydrogens (primary N) is 1. The first-order valence-corrected chi connectivity index (χ1v) is 5.21. The number of benzene rings is 1. The second-order valence-electron chi connectivity index (χ2n) is 3.28. The summed E-state index contributed by atoms with van der Waals surface area (Å²) in [6.45, 7) is 0.166. The molecule has 0 bridgehead atoms. The van der Waals surface area contributed by atoms with Gasteiger partial charge in [0.2, 0.25) is 0 Å². The van der Waals surface area contributed by atoms with Crippen molar-refractivity contribution >= 4 is 17.2 Å². The lowest BCUT2D eigenvalue weighted by molar-refractivity contribution is 0.377. The Hall–Kier alpha value is -2.15. The number of thiocarbonyl (C=S) groups is 1. The van der Waals surface area contributed by atoms with Crippen molar-refractivity contribution in [2.24, 2.45) is 5.73 Å². The number of nitrogens with zero attached hydrogens (tertiary/aromatic N) is 2. The summed E-state index contributed by atoms with van der Waals surface area (Å²) < 4.78 is 6.70. The van der Waals surface area contributed by atoms with Crippen LogP contribution >= 0.6 is 12.2 Å². The van der Waals surface area contributed by atoms with Crippen molar-refractivity contribution in [2.75, 3.05) is 6.61 Å². The number of hydrogen-bond acceptors (Lipinski definition) is 4. The molecule has 2 rings (SSSR count). The Morgan fingerprint density at radius 1 is 1.59 bits per heavy atom. The first kappa shape index (κ1) is 11.3. The highest BCUT2D eigenvalue weighted by molar-refractivity contribution is 7.80. The maximum absolute atomic E-state index is 11.4. The third-order valence-corrected chi connectivity index (χ3v) is 2.15. The zero-order valence-electron chi connectivity index (χ0n) is 8.79. The number of aromatic amines is 1. The molecule has 0 amide bonds. The molecule has 1 aromatic heterocycles. The van der Waals surface area contributed by atoms with E-state index in [9.17, 15) is 4.79 Å². The molecule has 0 aliphatic rings. The normalized spacial score (nSPS) is 10.1. The predicted molar refractivity (Wildman–Crippen MR) is 66.5 cm³/mol. The van der Waals surface area contributed by atoms with E-state index < -0.39 is 0 Å². The first-order chi connectivity index (χ1) is 8.16. The minimum Gasteiger partial charge on any atom is -0.486 e. The molecule has 17 heavy (non-hydrogen) atoms. The van der Waals surface area contributed by atoms with Gasteiger partial charge in [-0.15, -0.1) is 0 Å². The SMILES string of the molecule is NC(=S)COc1cccc(-n2cn[nH]c2=O)c1.